The number of fused-ring (bicyclic) bond motifs is 2. The van der Waals surface area contributed by atoms with Gasteiger partial charge in [0.1, 0.15) is 19.0 Å². The highest BCUT2D eigenvalue weighted by molar-refractivity contribution is 5.97. The fraction of sp³-hybridized carbons (Fsp3) is 0.308. The number of ether oxygens (including phenoxy) is 2. The van der Waals surface area contributed by atoms with Gasteiger partial charge >= 0.3 is 6.03 Å². The van der Waals surface area contributed by atoms with Crippen LogP contribution in [0.5, 0.6) is 11.5 Å². The van der Waals surface area contributed by atoms with Gasteiger partial charge in [0.2, 0.25) is 5.91 Å². The number of halogens is 1. The molecule has 2 aromatic carbocycles. The van der Waals surface area contributed by atoms with E-state index >= 15 is 0 Å². The number of carbonyl (C=O) groups is 2. The number of nitrogens with one attached hydrogen (secondary N) is 1. The minimum Gasteiger partial charge on any atom is -0.486 e. The molecule has 3 amide bonds. The third-order valence-electron chi connectivity index (χ3n) is 6.77. The van der Waals surface area contributed by atoms with Crippen molar-refractivity contribution in [2.75, 3.05) is 31.2 Å². The van der Waals surface area contributed by atoms with Gasteiger partial charge in [-0.3, -0.25) is 4.79 Å². The normalized spacial score (nSPS) is 21.1. The first-order valence-corrected chi connectivity index (χ1v) is 11.7. The lowest BCUT2D eigenvalue weighted by Gasteiger charge is -2.37. The van der Waals surface area contributed by atoms with Gasteiger partial charge in [0.25, 0.3) is 0 Å². The van der Waals surface area contributed by atoms with Crippen LogP contribution in [-0.4, -0.2) is 53.8 Å². The Morgan fingerprint density at radius 1 is 1.00 bits per heavy atom. The monoisotopic (exact) mass is 476 g/mol. The van der Waals surface area contributed by atoms with Crippen LogP contribution in [0.15, 0.2) is 60.8 Å². The lowest BCUT2D eigenvalue weighted by molar-refractivity contribution is -0.117. The van der Waals surface area contributed by atoms with E-state index in [2.05, 4.69) is 9.88 Å². The van der Waals surface area contributed by atoms with Gasteiger partial charge in [-0.15, -0.1) is 0 Å². The molecule has 6 rings (SSSR count). The van der Waals surface area contributed by atoms with E-state index < -0.39 is 0 Å². The Kier molecular flexibility index (Phi) is 5.32. The van der Waals surface area contributed by atoms with Crippen LogP contribution in [0.2, 0.25) is 0 Å². The molecule has 0 aliphatic carbocycles. The first-order valence-electron chi connectivity index (χ1n) is 11.7. The number of urea groups is 1. The molecule has 3 aliphatic rings. The van der Waals surface area contributed by atoms with E-state index in [-0.39, 0.29) is 36.3 Å². The van der Waals surface area contributed by atoms with Gasteiger partial charge in [0.15, 0.2) is 11.5 Å². The van der Waals surface area contributed by atoms with Crippen LogP contribution in [0, 0.1) is 5.82 Å². The lowest BCUT2D eigenvalue weighted by atomic mass is 10.00. The molecule has 35 heavy (non-hydrogen) atoms. The van der Waals surface area contributed by atoms with Crippen LogP contribution in [0.3, 0.4) is 0 Å². The summed E-state index contributed by atoms with van der Waals surface area (Å²) in [5.41, 5.74) is 2.52. The molecule has 3 aliphatic heterocycles. The van der Waals surface area contributed by atoms with Crippen molar-refractivity contribution in [2.45, 2.75) is 25.0 Å². The second-order valence-corrected chi connectivity index (χ2v) is 8.96. The van der Waals surface area contributed by atoms with E-state index in [9.17, 15) is 14.0 Å². The molecule has 9 heteroatoms. The maximum atomic E-state index is 13.6. The van der Waals surface area contributed by atoms with E-state index in [0.29, 0.717) is 44.3 Å². The van der Waals surface area contributed by atoms with E-state index in [1.807, 2.05) is 24.4 Å². The van der Waals surface area contributed by atoms with Crippen LogP contribution < -0.4 is 19.7 Å². The fourth-order valence-electron chi connectivity index (χ4n) is 5.11. The molecule has 8 nitrogen and oxygen atoms in total. The largest absolute Gasteiger partial charge is 0.486 e. The van der Waals surface area contributed by atoms with Gasteiger partial charge in [-0.05, 0) is 42.0 Å². The third kappa shape index (κ3) is 3.96. The topological polar surface area (TPSA) is 76.0 Å². The molecule has 1 N–H and O–H groups in total. The lowest BCUT2D eigenvalue weighted by Crippen LogP contribution is -2.50. The summed E-state index contributed by atoms with van der Waals surface area (Å²) in [4.78, 5) is 29.7. The Labute approximate surface area is 201 Å². The molecule has 0 radical (unpaired) electrons. The summed E-state index contributed by atoms with van der Waals surface area (Å²) in [6, 6.07) is 14.7. The Hall–Kier alpha value is -4.01. The predicted molar refractivity (Wildman–Crippen MR) is 126 cm³/mol. The summed E-state index contributed by atoms with van der Waals surface area (Å²) >= 11 is 0. The van der Waals surface area contributed by atoms with Crippen molar-refractivity contribution < 1.29 is 23.5 Å². The zero-order valence-electron chi connectivity index (χ0n) is 19.0. The number of carbonyl (C=O) groups excluding carboxylic acids is 2. The van der Waals surface area contributed by atoms with Gasteiger partial charge in [-0.25, -0.2) is 9.18 Å². The molecule has 2 atom stereocenters. The molecule has 1 saturated heterocycles. The fourth-order valence-corrected chi connectivity index (χ4v) is 5.11. The van der Waals surface area contributed by atoms with Crippen molar-refractivity contribution in [3.63, 3.8) is 0 Å². The van der Waals surface area contributed by atoms with Crippen molar-refractivity contribution >= 4 is 17.6 Å². The van der Waals surface area contributed by atoms with E-state index in [1.54, 1.807) is 34.1 Å². The molecule has 180 valence electrons. The number of anilines is 1. The summed E-state index contributed by atoms with van der Waals surface area (Å²) in [7, 11) is 0. The molecule has 0 saturated carbocycles. The van der Waals surface area contributed by atoms with Crippen LogP contribution >= 0.6 is 0 Å². The Bertz CT molecular complexity index is 1270. The maximum Gasteiger partial charge on any atom is 0.318 e. The average molecular weight is 477 g/mol. The zero-order valence-corrected chi connectivity index (χ0v) is 19.0. The van der Waals surface area contributed by atoms with Crippen molar-refractivity contribution in [1.29, 1.82) is 0 Å². The van der Waals surface area contributed by atoms with Crippen molar-refractivity contribution in [3.8, 4) is 11.5 Å². The number of benzene rings is 2. The summed E-state index contributed by atoms with van der Waals surface area (Å²) in [6.45, 7) is 2.51. The second-order valence-electron chi connectivity index (χ2n) is 8.96. The van der Waals surface area contributed by atoms with Gasteiger partial charge in [0, 0.05) is 49.7 Å². The maximum absolute atomic E-state index is 13.6. The molecule has 2 unspecified atom stereocenters. The van der Waals surface area contributed by atoms with Crippen LogP contribution in [0.1, 0.15) is 23.7 Å². The number of nitrogens with zero attached hydrogens (tertiary/aromatic N) is 3. The number of aromatic nitrogens is 1. The van der Waals surface area contributed by atoms with E-state index in [1.165, 1.54) is 12.1 Å². The van der Waals surface area contributed by atoms with Crippen molar-refractivity contribution in [2.24, 2.45) is 0 Å². The standard InChI is InChI=1S/C26H25FN4O4/c27-18-5-3-17(4-6-18)25-21-2-1-9-29(21)10-11-30(25)26(33)28-19-14-24(32)31(16-19)20-7-8-22-23(15-20)35-13-12-34-22/h1-9,15,19,25H,10-14,16H2,(H,28,33). The summed E-state index contributed by atoms with van der Waals surface area (Å²) in [6.07, 6.45) is 2.20. The SMILES string of the molecule is O=C1CC(NC(=O)N2CCn3cccc3C2c2ccc(F)cc2)CN1c1ccc2c(c1)OCCO2. The number of amides is 3. The Morgan fingerprint density at radius 2 is 1.80 bits per heavy atom. The first kappa shape index (κ1) is 21.5. The number of hydrogen-bond acceptors (Lipinski definition) is 4. The molecule has 0 spiro atoms. The molecule has 0 bridgehead atoms. The quantitative estimate of drug-likeness (QED) is 0.629. The summed E-state index contributed by atoms with van der Waals surface area (Å²) in [5, 5.41) is 3.06. The summed E-state index contributed by atoms with van der Waals surface area (Å²) in [5.74, 6) is 0.903. The minimum atomic E-state index is -0.342. The van der Waals surface area contributed by atoms with Crippen LogP contribution in [-0.2, 0) is 11.3 Å². The summed E-state index contributed by atoms with van der Waals surface area (Å²) < 4.78 is 26.9. The number of hydrogen-bond donors (Lipinski definition) is 1. The average Bonchev–Trinajstić information content (AvgIpc) is 3.50. The van der Waals surface area contributed by atoms with Crippen molar-refractivity contribution in [1.82, 2.24) is 14.8 Å². The minimum absolute atomic E-state index is 0.0606. The molecular weight excluding hydrogens is 451 g/mol. The van der Waals surface area contributed by atoms with Gasteiger partial charge in [-0.2, -0.15) is 0 Å². The molecule has 1 aromatic heterocycles. The Morgan fingerprint density at radius 3 is 2.63 bits per heavy atom. The van der Waals surface area contributed by atoms with E-state index in [0.717, 1.165) is 16.9 Å². The van der Waals surface area contributed by atoms with Crippen molar-refractivity contribution in [3.05, 3.63) is 77.9 Å². The Balaban J connectivity index is 1.20. The molecule has 3 aromatic rings. The molecule has 1 fully saturated rings. The highest BCUT2D eigenvalue weighted by Crippen LogP contribution is 2.36. The number of rotatable bonds is 3. The highest BCUT2D eigenvalue weighted by atomic mass is 19.1. The van der Waals surface area contributed by atoms with Gasteiger partial charge in [0.05, 0.1) is 12.1 Å². The van der Waals surface area contributed by atoms with Crippen LogP contribution in [0.25, 0.3) is 0 Å². The first-order chi connectivity index (χ1) is 17.1. The molecular formula is C26H25FN4O4. The smallest absolute Gasteiger partial charge is 0.318 e. The third-order valence-corrected chi connectivity index (χ3v) is 6.77. The van der Waals surface area contributed by atoms with Gasteiger partial charge < -0.3 is 29.2 Å². The van der Waals surface area contributed by atoms with Gasteiger partial charge in [-0.1, -0.05) is 12.1 Å². The second kappa shape index (κ2) is 8.65. The highest BCUT2D eigenvalue weighted by Gasteiger charge is 2.36. The predicted octanol–water partition coefficient (Wildman–Crippen LogP) is 3.32. The van der Waals surface area contributed by atoms with E-state index in [4.69, 9.17) is 9.47 Å². The zero-order chi connectivity index (χ0) is 23.9. The van der Waals surface area contributed by atoms with Crippen LogP contribution in [0.4, 0.5) is 14.9 Å². The molecule has 4 heterocycles.